The highest BCUT2D eigenvalue weighted by molar-refractivity contribution is 9.10. The number of benzene rings is 1. The standard InChI is InChI=1S/C22H28BrF3N2O4/c1-12(2)31-17-11-14(22(24,25)26)18-16(28-17)8-7-15(23)19(18)30-10-9-13(3)27-20(29)32-21(4,5)6/h7-8,11-13H,9-10H2,1-6H3,(H,27,29). The maximum atomic E-state index is 13.9. The van der Waals surface area contributed by atoms with E-state index in [4.69, 9.17) is 14.2 Å². The van der Waals surface area contributed by atoms with Crippen LogP contribution in [0.4, 0.5) is 18.0 Å². The van der Waals surface area contributed by atoms with E-state index in [1.54, 1.807) is 47.6 Å². The highest BCUT2D eigenvalue weighted by atomic mass is 79.9. The van der Waals surface area contributed by atoms with Crippen molar-refractivity contribution in [2.24, 2.45) is 0 Å². The summed E-state index contributed by atoms with van der Waals surface area (Å²) < 4.78 is 58.3. The highest BCUT2D eigenvalue weighted by Gasteiger charge is 2.35. The van der Waals surface area contributed by atoms with Gasteiger partial charge in [0.15, 0.2) is 0 Å². The molecule has 1 aromatic carbocycles. The average molecular weight is 521 g/mol. The summed E-state index contributed by atoms with van der Waals surface area (Å²) in [5.74, 6) is -0.0776. The van der Waals surface area contributed by atoms with Crippen molar-refractivity contribution in [3.05, 3.63) is 28.2 Å². The Labute approximate surface area is 193 Å². The number of halogens is 4. The van der Waals surface area contributed by atoms with Crippen LogP contribution in [-0.4, -0.2) is 35.4 Å². The minimum absolute atomic E-state index is 0.0305. The molecule has 0 fully saturated rings. The van der Waals surface area contributed by atoms with Crippen LogP contribution >= 0.6 is 15.9 Å². The van der Waals surface area contributed by atoms with Crippen LogP contribution in [0.15, 0.2) is 22.7 Å². The number of ether oxygens (including phenoxy) is 3. The summed E-state index contributed by atoms with van der Waals surface area (Å²) in [5, 5.41) is 2.52. The molecule has 0 spiro atoms. The molecule has 0 saturated carbocycles. The van der Waals surface area contributed by atoms with Gasteiger partial charge >= 0.3 is 12.3 Å². The number of carbonyl (C=O) groups excluding carboxylic acids is 1. The molecule has 178 valence electrons. The molecule has 6 nitrogen and oxygen atoms in total. The van der Waals surface area contributed by atoms with Gasteiger partial charge in [-0.25, -0.2) is 9.78 Å². The lowest BCUT2D eigenvalue weighted by atomic mass is 10.1. The Balaban J connectivity index is 2.26. The summed E-state index contributed by atoms with van der Waals surface area (Å²) in [6.07, 6.45) is -5.18. The fraction of sp³-hybridized carbons (Fsp3) is 0.545. The highest BCUT2D eigenvalue weighted by Crippen LogP contribution is 2.43. The first-order valence-corrected chi connectivity index (χ1v) is 11.0. The van der Waals surface area contributed by atoms with Gasteiger partial charge < -0.3 is 19.5 Å². The zero-order chi connectivity index (χ0) is 24.3. The van der Waals surface area contributed by atoms with Gasteiger partial charge in [-0.2, -0.15) is 13.2 Å². The number of aromatic nitrogens is 1. The molecule has 0 saturated heterocycles. The summed E-state index contributed by atoms with van der Waals surface area (Å²) in [4.78, 5) is 16.1. The van der Waals surface area contributed by atoms with Crippen molar-refractivity contribution < 1.29 is 32.2 Å². The molecule has 0 bridgehead atoms. The third-order valence-corrected chi connectivity index (χ3v) is 4.70. The van der Waals surface area contributed by atoms with Crippen molar-refractivity contribution in [1.82, 2.24) is 10.3 Å². The molecule has 2 aromatic rings. The van der Waals surface area contributed by atoms with Crippen molar-refractivity contribution >= 4 is 32.9 Å². The normalized spacial score (nSPS) is 13.2. The second-order valence-electron chi connectivity index (χ2n) is 8.63. The quantitative estimate of drug-likeness (QED) is 0.452. The van der Waals surface area contributed by atoms with Crippen LogP contribution in [0, 0.1) is 0 Å². The second kappa shape index (κ2) is 10.1. The maximum Gasteiger partial charge on any atom is 0.417 e. The summed E-state index contributed by atoms with van der Waals surface area (Å²) in [6, 6.07) is 3.62. The van der Waals surface area contributed by atoms with Crippen LogP contribution in [-0.2, 0) is 10.9 Å². The molecule has 1 amide bonds. The zero-order valence-corrected chi connectivity index (χ0v) is 20.5. The predicted molar refractivity (Wildman–Crippen MR) is 119 cm³/mol. The number of alkyl halides is 3. The minimum atomic E-state index is -4.64. The maximum absolute atomic E-state index is 13.9. The van der Waals surface area contributed by atoms with Gasteiger partial charge in [-0.3, -0.25) is 0 Å². The summed E-state index contributed by atoms with van der Waals surface area (Å²) in [7, 11) is 0. The van der Waals surface area contributed by atoms with Gasteiger partial charge in [-0.1, -0.05) is 0 Å². The van der Waals surface area contributed by atoms with Crippen molar-refractivity contribution in [2.75, 3.05) is 6.61 Å². The van der Waals surface area contributed by atoms with Crippen molar-refractivity contribution in [2.45, 2.75) is 71.9 Å². The molecule has 32 heavy (non-hydrogen) atoms. The van der Waals surface area contributed by atoms with Crippen molar-refractivity contribution in [3.8, 4) is 11.6 Å². The summed E-state index contributed by atoms with van der Waals surface area (Å²) in [5.41, 5.74) is -1.42. The Bertz CT molecular complexity index is 959. The number of pyridine rings is 1. The number of amides is 1. The Kier molecular flexibility index (Phi) is 8.25. The van der Waals surface area contributed by atoms with E-state index in [2.05, 4.69) is 26.2 Å². The Morgan fingerprint density at radius 1 is 1.19 bits per heavy atom. The van der Waals surface area contributed by atoms with E-state index in [1.165, 1.54) is 6.07 Å². The van der Waals surface area contributed by atoms with E-state index >= 15 is 0 Å². The first kappa shape index (κ1) is 26.0. The predicted octanol–water partition coefficient (Wildman–Crippen LogP) is 6.49. The third kappa shape index (κ3) is 7.43. The largest absolute Gasteiger partial charge is 0.492 e. The number of alkyl carbamates (subject to hydrolysis) is 1. The molecule has 2 rings (SSSR count). The van der Waals surface area contributed by atoms with Gasteiger partial charge in [0.1, 0.15) is 11.4 Å². The number of hydrogen-bond acceptors (Lipinski definition) is 5. The van der Waals surface area contributed by atoms with Crippen LogP contribution < -0.4 is 14.8 Å². The van der Waals surface area contributed by atoms with E-state index < -0.39 is 23.4 Å². The number of rotatable bonds is 7. The first-order chi connectivity index (χ1) is 14.7. The molecule has 0 aliphatic carbocycles. The molecule has 1 heterocycles. The Morgan fingerprint density at radius 3 is 2.41 bits per heavy atom. The van der Waals surface area contributed by atoms with E-state index in [9.17, 15) is 18.0 Å². The Morgan fingerprint density at radius 2 is 1.84 bits per heavy atom. The van der Waals surface area contributed by atoms with Gasteiger partial charge in [0.25, 0.3) is 0 Å². The van der Waals surface area contributed by atoms with E-state index in [1.807, 2.05) is 0 Å². The molecule has 0 aliphatic rings. The smallest absolute Gasteiger partial charge is 0.417 e. The number of fused-ring (bicyclic) bond motifs is 1. The van der Waals surface area contributed by atoms with Crippen LogP contribution in [0.1, 0.15) is 53.5 Å². The first-order valence-electron chi connectivity index (χ1n) is 10.2. The Hall–Kier alpha value is -2.23. The molecule has 1 atom stereocenters. The van der Waals surface area contributed by atoms with Gasteiger partial charge in [-0.05, 0) is 69.6 Å². The monoisotopic (exact) mass is 520 g/mol. The molecule has 1 unspecified atom stereocenters. The molecule has 0 aliphatic heterocycles. The molecule has 1 aromatic heterocycles. The number of nitrogens with zero attached hydrogens (tertiary/aromatic N) is 1. The lowest BCUT2D eigenvalue weighted by molar-refractivity contribution is -0.136. The average Bonchev–Trinajstić information content (AvgIpc) is 2.60. The van der Waals surface area contributed by atoms with Crippen molar-refractivity contribution in [1.29, 1.82) is 0 Å². The lowest BCUT2D eigenvalue weighted by Gasteiger charge is -2.22. The zero-order valence-electron chi connectivity index (χ0n) is 18.9. The fourth-order valence-electron chi connectivity index (χ4n) is 2.83. The molecule has 0 radical (unpaired) electrons. The summed E-state index contributed by atoms with van der Waals surface area (Å²) in [6.45, 7) is 10.5. The SMILES string of the molecule is CC(CCOc1c(Br)ccc2nc(OC(C)C)cc(C(F)(F)F)c12)NC(=O)OC(C)(C)C. The molecule has 1 N–H and O–H groups in total. The molecule has 10 heteroatoms. The summed E-state index contributed by atoms with van der Waals surface area (Å²) >= 11 is 3.28. The van der Waals surface area contributed by atoms with Crippen molar-refractivity contribution in [3.63, 3.8) is 0 Å². The van der Waals surface area contributed by atoms with Gasteiger partial charge in [0.05, 0.1) is 33.6 Å². The van der Waals surface area contributed by atoms with E-state index in [-0.39, 0.29) is 41.3 Å². The number of nitrogens with one attached hydrogen (secondary N) is 1. The molecular weight excluding hydrogens is 493 g/mol. The van der Waals surface area contributed by atoms with Crippen LogP contribution in [0.5, 0.6) is 11.6 Å². The van der Waals surface area contributed by atoms with E-state index in [0.717, 1.165) is 6.07 Å². The van der Waals surface area contributed by atoms with Crippen LogP contribution in [0.25, 0.3) is 10.9 Å². The minimum Gasteiger partial charge on any atom is -0.492 e. The lowest BCUT2D eigenvalue weighted by Crippen LogP contribution is -2.38. The second-order valence-corrected chi connectivity index (χ2v) is 9.48. The fourth-order valence-corrected chi connectivity index (χ4v) is 3.28. The van der Waals surface area contributed by atoms with Crippen LogP contribution in [0.2, 0.25) is 0 Å². The van der Waals surface area contributed by atoms with Gasteiger partial charge in [0, 0.05) is 18.5 Å². The van der Waals surface area contributed by atoms with Crippen LogP contribution in [0.3, 0.4) is 0 Å². The topological polar surface area (TPSA) is 69.7 Å². The molecular formula is C22H28BrF3N2O4. The van der Waals surface area contributed by atoms with E-state index in [0.29, 0.717) is 10.9 Å². The number of carbonyl (C=O) groups is 1. The van der Waals surface area contributed by atoms with Gasteiger partial charge in [-0.15, -0.1) is 0 Å². The number of hydrogen-bond donors (Lipinski definition) is 1. The van der Waals surface area contributed by atoms with Gasteiger partial charge in [0.2, 0.25) is 5.88 Å². The third-order valence-electron chi connectivity index (χ3n) is 4.08.